The minimum atomic E-state index is 0.129. The summed E-state index contributed by atoms with van der Waals surface area (Å²) in [6.07, 6.45) is 0. The van der Waals surface area contributed by atoms with E-state index in [9.17, 15) is 4.79 Å². The topological polar surface area (TPSA) is 29.1 Å². The van der Waals surface area contributed by atoms with Crippen LogP contribution in [0.3, 0.4) is 0 Å². The van der Waals surface area contributed by atoms with E-state index in [1.807, 2.05) is 13.0 Å². The number of amides is 1. The van der Waals surface area contributed by atoms with Crippen LogP contribution < -0.4 is 5.32 Å². The van der Waals surface area contributed by atoms with Crippen LogP contribution in [0.5, 0.6) is 0 Å². The van der Waals surface area contributed by atoms with Gasteiger partial charge in [0.15, 0.2) is 0 Å². The molecule has 13 heavy (non-hydrogen) atoms. The Kier molecular flexibility index (Phi) is 4.93. The van der Waals surface area contributed by atoms with E-state index in [0.717, 1.165) is 12.3 Å². The Balaban J connectivity index is 2.11. The molecule has 1 aromatic heterocycles. The van der Waals surface area contributed by atoms with Gasteiger partial charge in [-0.3, -0.25) is 4.79 Å². The van der Waals surface area contributed by atoms with Gasteiger partial charge >= 0.3 is 0 Å². The lowest BCUT2D eigenvalue weighted by atomic mass is 10.5. The fourth-order valence-electron chi connectivity index (χ4n) is 0.887. The smallest absolute Gasteiger partial charge is 0.229 e. The Labute approximate surface area is 86.7 Å². The van der Waals surface area contributed by atoms with Crippen LogP contribution in [-0.4, -0.2) is 18.2 Å². The Morgan fingerprint density at radius 2 is 2.54 bits per heavy atom. The van der Waals surface area contributed by atoms with E-state index >= 15 is 0 Å². The lowest BCUT2D eigenvalue weighted by molar-refractivity contribution is -0.118. The van der Waals surface area contributed by atoms with E-state index in [-0.39, 0.29) is 5.91 Å². The lowest BCUT2D eigenvalue weighted by Crippen LogP contribution is -2.24. The van der Waals surface area contributed by atoms with Crippen molar-refractivity contribution < 1.29 is 4.79 Å². The molecule has 72 valence electrons. The summed E-state index contributed by atoms with van der Waals surface area (Å²) in [6.45, 7) is 2.65. The molecule has 0 saturated heterocycles. The molecule has 0 aliphatic rings. The van der Waals surface area contributed by atoms with Crippen molar-refractivity contribution in [2.75, 3.05) is 12.3 Å². The molecule has 0 aliphatic carbocycles. The van der Waals surface area contributed by atoms with Gasteiger partial charge in [-0.05, 0) is 18.4 Å². The summed E-state index contributed by atoms with van der Waals surface area (Å²) in [5.74, 6) is 1.63. The molecule has 0 radical (unpaired) electrons. The zero-order valence-corrected chi connectivity index (χ0v) is 9.21. The first kappa shape index (κ1) is 10.6. The maximum absolute atomic E-state index is 11.0. The zero-order valence-electron chi connectivity index (χ0n) is 7.58. The number of carbonyl (C=O) groups is 1. The van der Waals surface area contributed by atoms with Gasteiger partial charge in [0.25, 0.3) is 0 Å². The minimum absolute atomic E-state index is 0.129. The highest BCUT2D eigenvalue weighted by atomic mass is 32.2. The molecule has 0 atom stereocenters. The summed E-state index contributed by atoms with van der Waals surface area (Å²) in [5.41, 5.74) is 0. The van der Waals surface area contributed by atoms with Gasteiger partial charge in [-0.2, -0.15) is 0 Å². The van der Waals surface area contributed by atoms with Crippen LogP contribution in [0, 0.1) is 0 Å². The molecule has 0 saturated carbocycles. The van der Waals surface area contributed by atoms with E-state index in [1.165, 1.54) is 4.88 Å². The van der Waals surface area contributed by atoms with Crippen molar-refractivity contribution in [3.63, 3.8) is 0 Å². The Morgan fingerprint density at radius 3 is 3.15 bits per heavy atom. The second-order valence-electron chi connectivity index (χ2n) is 2.53. The summed E-state index contributed by atoms with van der Waals surface area (Å²) >= 11 is 3.39. The molecule has 0 unspecified atom stereocenters. The molecule has 1 N–H and O–H groups in total. The second-order valence-corrected chi connectivity index (χ2v) is 4.54. The first-order chi connectivity index (χ1) is 6.33. The van der Waals surface area contributed by atoms with Gasteiger partial charge in [-0.15, -0.1) is 23.1 Å². The summed E-state index contributed by atoms with van der Waals surface area (Å²) in [4.78, 5) is 12.4. The quantitative estimate of drug-likeness (QED) is 0.815. The fourth-order valence-corrected chi connectivity index (χ4v) is 2.59. The van der Waals surface area contributed by atoms with Crippen molar-refractivity contribution in [2.45, 2.75) is 12.7 Å². The van der Waals surface area contributed by atoms with Crippen molar-refractivity contribution in [3.8, 4) is 0 Å². The van der Waals surface area contributed by atoms with E-state index in [2.05, 4.69) is 16.8 Å². The standard InChI is InChI=1S/C9H13NOS2/c1-2-10-9(11)7-12-6-8-4-3-5-13-8/h3-5H,2,6-7H2,1H3,(H,10,11). The first-order valence-corrected chi connectivity index (χ1v) is 6.23. The molecule has 0 spiro atoms. The first-order valence-electron chi connectivity index (χ1n) is 4.19. The minimum Gasteiger partial charge on any atom is -0.356 e. The predicted octanol–water partition coefficient (Wildman–Crippen LogP) is 2.12. The number of hydrogen-bond acceptors (Lipinski definition) is 3. The number of thiophene rings is 1. The van der Waals surface area contributed by atoms with Gasteiger partial charge in [-0.1, -0.05) is 6.07 Å². The summed E-state index contributed by atoms with van der Waals surface area (Å²) in [7, 11) is 0. The molecule has 1 aromatic rings. The number of thioether (sulfide) groups is 1. The molecular weight excluding hydrogens is 202 g/mol. The van der Waals surface area contributed by atoms with Crippen molar-refractivity contribution in [2.24, 2.45) is 0 Å². The summed E-state index contributed by atoms with van der Waals surface area (Å²) < 4.78 is 0. The molecule has 4 heteroatoms. The Bertz CT molecular complexity index is 246. The highest BCUT2D eigenvalue weighted by Crippen LogP contribution is 2.16. The van der Waals surface area contributed by atoms with Gasteiger partial charge in [0.2, 0.25) is 5.91 Å². The SMILES string of the molecule is CCNC(=O)CSCc1cccs1. The normalized spacial score (nSPS) is 9.92. The molecule has 2 nitrogen and oxygen atoms in total. The van der Waals surface area contributed by atoms with Crippen LogP contribution in [-0.2, 0) is 10.5 Å². The van der Waals surface area contributed by atoms with Crippen LogP contribution >= 0.6 is 23.1 Å². The highest BCUT2D eigenvalue weighted by molar-refractivity contribution is 7.99. The van der Waals surface area contributed by atoms with E-state index in [4.69, 9.17) is 0 Å². The average molecular weight is 215 g/mol. The van der Waals surface area contributed by atoms with Crippen molar-refractivity contribution in [3.05, 3.63) is 22.4 Å². The average Bonchev–Trinajstić information content (AvgIpc) is 2.57. The van der Waals surface area contributed by atoms with Crippen molar-refractivity contribution in [1.82, 2.24) is 5.32 Å². The molecular formula is C9H13NOS2. The molecule has 0 aliphatic heterocycles. The number of carbonyl (C=O) groups excluding carboxylic acids is 1. The van der Waals surface area contributed by atoms with Gasteiger partial charge in [0, 0.05) is 17.2 Å². The van der Waals surface area contributed by atoms with Crippen molar-refractivity contribution in [1.29, 1.82) is 0 Å². The van der Waals surface area contributed by atoms with Crippen LogP contribution in [0.15, 0.2) is 17.5 Å². The van der Waals surface area contributed by atoms with E-state index in [1.54, 1.807) is 23.1 Å². The van der Waals surface area contributed by atoms with E-state index in [0.29, 0.717) is 5.75 Å². The third-order valence-electron chi connectivity index (χ3n) is 1.43. The van der Waals surface area contributed by atoms with Gasteiger partial charge < -0.3 is 5.32 Å². The Hall–Kier alpha value is -0.480. The molecule has 1 rings (SSSR count). The predicted molar refractivity (Wildman–Crippen MR) is 59.2 cm³/mol. The fraction of sp³-hybridized carbons (Fsp3) is 0.444. The number of rotatable bonds is 5. The van der Waals surface area contributed by atoms with E-state index < -0.39 is 0 Å². The largest absolute Gasteiger partial charge is 0.356 e. The van der Waals surface area contributed by atoms with Gasteiger partial charge in [-0.25, -0.2) is 0 Å². The van der Waals surface area contributed by atoms with Crippen LogP contribution in [0.2, 0.25) is 0 Å². The van der Waals surface area contributed by atoms with Gasteiger partial charge in [0.1, 0.15) is 0 Å². The molecule has 0 bridgehead atoms. The maximum atomic E-state index is 11.0. The number of nitrogens with one attached hydrogen (secondary N) is 1. The van der Waals surface area contributed by atoms with Crippen LogP contribution in [0.25, 0.3) is 0 Å². The molecule has 0 aromatic carbocycles. The molecule has 1 heterocycles. The lowest BCUT2D eigenvalue weighted by Gasteiger charge is -2.00. The molecule has 1 amide bonds. The number of hydrogen-bond donors (Lipinski definition) is 1. The van der Waals surface area contributed by atoms with Gasteiger partial charge in [0.05, 0.1) is 5.75 Å². The highest BCUT2D eigenvalue weighted by Gasteiger charge is 1.99. The summed E-state index contributed by atoms with van der Waals surface area (Å²) in [5, 5.41) is 4.83. The third kappa shape index (κ3) is 4.33. The van der Waals surface area contributed by atoms with Crippen LogP contribution in [0.4, 0.5) is 0 Å². The monoisotopic (exact) mass is 215 g/mol. The van der Waals surface area contributed by atoms with Crippen molar-refractivity contribution >= 4 is 29.0 Å². The maximum Gasteiger partial charge on any atom is 0.229 e. The summed E-state index contributed by atoms with van der Waals surface area (Å²) in [6, 6.07) is 4.13. The Morgan fingerprint density at radius 1 is 1.69 bits per heavy atom. The zero-order chi connectivity index (χ0) is 9.52. The van der Waals surface area contributed by atoms with Crippen LogP contribution in [0.1, 0.15) is 11.8 Å². The third-order valence-corrected chi connectivity index (χ3v) is 3.47. The second kappa shape index (κ2) is 6.05. The molecule has 0 fully saturated rings.